The van der Waals surface area contributed by atoms with Gasteiger partial charge in [0.05, 0.1) is 6.04 Å². The molecule has 1 atom stereocenters. The molecule has 0 aliphatic carbocycles. The van der Waals surface area contributed by atoms with Crippen molar-refractivity contribution in [2.75, 3.05) is 0 Å². The third-order valence-corrected chi connectivity index (χ3v) is 2.26. The van der Waals surface area contributed by atoms with E-state index < -0.39 is 11.9 Å². The van der Waals surface area contributed by atoms with E-state index >= 15 is 0 Å². The molecule has 0 aliphatic heterocycles. The lowest BCUT2D eigenvalue weighted by molar-refractivity contribution is 0.0943. The number of rotatable bonds is 5. The molecule has 1 aromatic rings. The fraction of sp³-hybridized carbons (Fsp3) is 0.385. The lowest BCUT2D eigenvalue weighted by Gasteiger charge is -2.13. The highest BCUT2D eigenvalue weighted by molar-refractivity contribution is 5.95. The van der Waals surface area contributed by atoms with Gasteiger partial charge < -0.3 is 5.32 Å². The predicted octanol–water partition coefficient (Wildman–Crippen LogP) is 2.08. The summed E-state index contributed by atoms with van der Waals surface area (Å²) in [6.07, 6.45) is 2.33. The van der Waals surface area contributed by atoms with Crippen molar-refractivity contribution in [3.05, 3.63) is 35.6 Å². The minimum absolute atomic E-state index is 0.287. The first-order chi connectivity index (χ1) is 8.02. The Balaban J connectivity index is 2.64. The second-order valence-electron chi connectivity index (χ2n) is 4.28. The molecule has 0 aromatic heterocycles. The van der Waals surface area contributed by atoms with Crippen LogP contribution in [0.1, 0.15) is 30.6 Å². The second kappa shape index (κ2) is 6.13. The van der Waals surface area contributed by atoms with Crippen LogP contribution in [0.25, 0.3) is 0 Å². The van der Waals surface area contributed by atoms with Gasteiger partial charge in [0.15, 0.2) is 0 Å². The SMILES string of the molecule is CC(C)C[C@@H]([C]=O)NC(=O)c1ccc(F)cc1. The number of carbonyl (C=O) groups excluding carboxylic acids is 2. The summed E-state index contributed by atoms with van der Waals surface area (Å²) in [6.45, 7) is 3.91. The van der Waals surface area contributed by atoms with E-state index in [9.17, 15) is 14.0 Å². The smallest absolute Gasteiger partial charge is 0.251 e. The Morgan fingerprint density at radius 2 is 1.94 bits per heavy atom. The first-order valence-electron chi connectivity index (χ1n) is 5.47. The van der Waals surface area contributed by atoms with Gasteiger partial charge in [-0.05, 0) is 36.6 Å². The van der Waals surface area contributed by atoms with Gasteiger partial charge in [-0.2, -0.15) is 0 Å². The number of halogens is 1. The van der Waals surface area contributed by atoms with Crippen molar-refractivity contribution in [2.24, 2.45) is 5.92 Å². The number of nitrogens with one attached hydrogen (secondary N) is 1. The Bertz CT molecular complexity index is 387. The molecule has 0 saturated heterocycles. The van der Waals surface area contributed by atoms with Gasteiger partial charge in [-0.1, -0.05) is 13.8 Å². The zero-order chi connectivity index (χ0) is 12.8. The Kier molecular flexibility index (Phi) is 4.82. The first-order valence-corrected chi connectivity index (χ1v) is 5.47. The van der Waals surface area contributed by atoms with Gasteiger partial charge in [-0.3, -0.25) is 9.59 Å². The fourth-order valence-electron chi connectivity index (χ4n) is 1.45. The van der Waals surface area contributed by atoms with Crippen molar-refractivity contribution in [2.45, 2.75) is 26.3 Å². The molecule has 0 fully saturated rings. The number of hydrogen-bond acceptors (Lipinski definition) is 2. The van der Waals surface area contributed by atoms with Crippen molar-refractivity contribution >= 4 is 12.2 Å². The van der Waals surface area contributed by atoms with Gasteiger partial charge >= 0.3 is 0 Å². The zero-order valence-corrected chi connectivity index (χ0v) is 9.87. The van der Waals surface area contributed by atoms with Crippen molar-refractivity contribution < 1.29 is 14.0 Å². The van der Waals surface area contributed by atoms with Crippen molar-refractivity contribution in [3.8, 4) is 0 Å². The molecule has 1 aromatic carbocycles. The van der Waals surface area contributed by atoms with Crippen LogP contribution in [0.4, 0.5) is 4.39 Å². The maximum Gasteiger partial charge on any atom is 0.251 e. The Hall–Kier alpha value is -1.71. The van der Waals surface area contributed by atoms with Crippen LogP contribution in [0.5, 0.6) is 0 Å². The molecule has 91 valence electrons. The molecule has 0 spiro atoms. The highest BCUT2D eigenvalue weighted by Crippen LogP contribution is 2.06. The van der Waals surface area contributed by atoms with Crippen LogP contribution in [0.2, 0.25) is 0 Å². The molecule has 0 aliphatic rings. The summed E-state index contributed by atoms with van der Waals surface area (Å²) >= 11 is 0. The van der Waals surface area contributed by atoms with Gasteiger partial charge in [0.25, 0.3) is 5.91 Å². The summed E-state index contributed by atoms with van der Waals surface area (Å²) in [4.78, 5) is 22.4. The van der Waals surface area contributed by atoms with Crippen LogP contribution in [0, 0.1) is 11.7 Å². The number of carbonyl (C=O) groups is 1. The Morgan fingerprint density at radius 3 is 2.41 bits per heavy atom. The number of benzene rings is 1. The summed E-state index contributed by atoms with van der Waals surface area (Å²) in [7, 11) is 0. The molecule has 17 heavy (non-hydrogen) atoms. The second-order valence-corrected chi connectivity index (χ2v) is 4.28. The molecule has 0 bridgehead atoms. The van der Waals surface area contributed by atoms with Crippen LogP contribution in [0.3, 0.4) is 0 Å². The van der Waals surface area contributed by atoms with E-state index in [0.717, 1.165) is 0 Å². The Labute approximate surface area is 100 Å². The predicted molar refractivity (Wildman–Crippen MR) is 62.8 cm³/mol. The molecule has 0 unspecified atom stereocenters. The average Bonchev–Trinajstić information content (AvgIpc) is 2.28. The number of amides is 1. The fourth-order valence-corrected chi connectivity index (χ4v) is 1.45. The third-order valence-electron chi connectivity index (χ3n) is 2.26. The maximum absolute atomic E-state index is 12.7. The van der Waals surface area contributed by atoms with Crippen LogP contribution >= 0.6 is 0 Å². The molecule has 1 amide bonds. The van der Waals surface area contributed by atoms with Crippen LogP contribution < -0.4 is 5.32 Å². The standard InChI is InChI=1S/C13H15FNO2/c1-9(2)7-12(8-16)15-13(17)10-3-5-11(14)6-4-10/h3-6,9,12H,7H2,1-2H3,(H,15,17)/t12-/m0/s1. The average molecular weight is 236 g/mol. The normalized spacial score (nSPS) is 12.2. The van der Waals surface area contributed by atoms with E-state index in [2.05, 4.69) is 5.32 Å². The van der Waals surface area contributed by atoms with Gasteiger partial charge in [-0.25, -0.2) is 4.39 Å². The zero-order valence-electron chi connectivity index (χ0n) is 9.87. The van der Waals surface area contributed by atoms with Crippen LogP contribution in [-0.2, 0) is 4.79 Å². The lowest BCUT2D eigenvalue weighted by Crippen LogP contribution is -2.36. The molecule has 0 heterocycles. The topological polar surface area (TPSA) is 46.2 Å². The molecule has 4 heteroatoms. The van der Waals surface area contributed by atoms with Crippen molar-refractivity contribution in [3.63, 3.8) is 0 Å². The van der Waals surface area contributed by atoms with Crippen molar-refractivity contribution in [1.29, 1.82) is 0 Å². The minimum Gasteiger partial charge on any atom is -0.342 e. The summed E-state index contributed by atoms with van der Waals surface area (Å²) in [5, 5.41) is 2.55. The highest BCUT2D eigenvalue weighted by atomic mass is 19.1. The quantitative estimate of drug-likeness (QED) is 0.850. The number of hydrogen-bond donors (Lipinski definition) is 1. The van der Waals surface area contributed by atoms with Gasteiger partial charge in [0, 0.05) is 5.56 Å². The monoisotopic (exact) mass is 236 g/mol. The summed E-state index contributed by atoms with van der Waals surface area (Å²) in [6, 6.07) is 4.55. The summed E-state index contributed by atoms with van der Waals surface area (Å²) < 4.78 is 12.7. The molecule has 1 radical (unpaired) electrons. The van der Waals surface area contributed by atoms with Crippen LogP contribution in [-0.4, -0.2) is 18.2 Å². The van der Waals surface area contributed by atoms with E-state index in [4.69, 9.17) is 0 Å². The van der Waals surface area contributed by atoms with Gasteiger partial charge in [0.2, 0.25) is 6.29 Å². The summed E-state index contributed by atoms with van der Waals surface area (Å²) in [5.41, 5.74) is 0.329. The van der Waals surface area contributed by atoms with E-state index in [1.165, 1.54) is 24.3 Å². The van der Waals surface area contributed by atoms with Gasteiger partial charge in [-0.15, -0.1) is 0 Å². The van der Waals surface area contributed by atoms with Crippen molar-refractivity contribution in [1.82, 2.24) is 5.32 Å². The third kappa shape index (κ3) is 4.34. The van der Waals surface area contributed by atoms with Gasteiger partial charge in [0.1, 0.15) is 5.82 Å². The summed E-state index contributed by atoms with van der Waals surface area (Å²) in [5.74, 6) is -0.504. The van der Waals surface area contributed by atoms with Crippen LogP contribution in [0.15, 0.2) is 24.3 Å². The highest BCUT2D eigenvalue weighted by Gasteiger charge is 2.15. The lowest BCUT2D eigenvalue weighted by atomic mass is 10.0. The largest absolute Gasteiger partial charge is 0.342 e. The first kappa shape index (κ1) is 13.4. The molecular weight excluding hydrogens is 221 g/mol. The molecule has 0 saturated carbocycles. The van der Waals surface area contributed by atoms with E-state index in [-0.39, 0.29) is 11.8 Å². The molecule has 1 N–H and O–H groups in total. The molecule has 1 rings (SSSR count). The van der Waals surface area contributed by atoms with E-state index in [1.807, 2.05) is 13.8 Å². The maximum atomic E-state index is 12.7. The molecule has 3 nitrogen and oxygen atoms in total. The minimum atomic E-state index is -0.618. The molecular formula is C13H15FNO2. The Morgan fingerprint density at radius 1 is 1.35 bits per heavy atom. The van der Waals surface area contributed by atoms with E-state index in [0.29, 0.717) is 12.0 Å². The van der Waals surface area contributed by atoms with E-state index in [1.54, 1.807) is 6.29 Å².